The fourth-order valence-electron chi connectivity index (χ4n) is 2.21. The summed E-state index contributed by atoms with van der Waals surface area (Å²) in [4.78, 5) is 13.4. The molecule has 16 heavy (non-hydrogen) atoms. The smallest absolute Gasteiger partial charge is 0.240 e. The van der Waals surface area contributed by atoms with Crippen LogP contribution in [-0.2, 0) is 4.79 Å². The van der Waals surface area contributed by atoms with Crippen molar-refractivity contribution in [3.63, 3.8) is 0 Å². The first-order valence-corrected chi connectivity index (χ1v) is 5.51. The lowest BCUT2D eigenvalue weighted by molar-refractivity contribution is -0.119. The standard InChI is InChI=1S/C12H17N3O/c1-8-7-9(4-5-10(8)13)15-6-2-3-11(15)12(14)16/h4-5,7,11H,2-3,6,13H2,1H3,(H2,14,16). The van der Waals surface area contributed by atoms with E-state index in [1.807, 2.05) is 25.1 Å². The fourth-order valence-corrected chi connectivity index (χ4v) is 2.21. The molecule has 4 nitrogen and oxygen atoms in total. The predicted octanol–water partition coefficient (Wildman–Crippen LogP) is 1.03. The van der Waals surface area contributed by atoms with Crippen molar-refractivity contribution in [1.29, 1.82) is 0 Å². The second kappa shape index (κ2) is 4.04. The Balaban J connectivity index is 2.29. The highest BCUT2D eigenvalue weighted by Crippen LogP contribution is 2.27. The zero-order valence-corrected chi connectivity index (χ0v) is 9.44. The molecule has 2 rings (SSSR count). The third-order valence-electron chi connectivity index (χ3n) is 3.17. The highest BCUT2D eigenvalue weighted by atomic mass is 16.1. The molecule has 0 radical (unpaired) electrons. The molecule has 1 atom stereocenters. The van der Waals surface area contributed by atoms with Crippen LogP contribution in [0.4, 0.5) is 11.4 Å². The molecule has 1 aromatic carbocycles. The van der Waals surface area contributed by atoms with E-state index in [1.165, 1.54) is 0 Å². The Labute approximate surface area is 95.2 Å². The van der Waals surface area contributed by atoms with Gasteiger partial charge in [0.15, 0.2) is 0 Å². The SMILES string of the molecule is Cc1cc(N2CCCC2C(N)=O)ccc1N. The average Bonchev–Trinajstić information content (AvgIpc) is 2.71. The summed E-state index contributed by atoms with van der Waals surface area (Å²) in [7, 11) is 0. The van der Waals surface area contributed by atoms with Crippen molar-refractivity contribution in [3.05, 3.63) is 23.8 Å². The molecule has 0 spiro atoms. The Morgan fingerprint density at radius 2 is 2.25 bits per heavy atom. The third-order valence-corrected chi connectivity index (χ3v) is 3.17. The Hall–Kier alpha value is -1.71. The minimum absolute atomic E-state index is 0.164. The molecule has 4 N–H and O–H groups in total. The number of nitrogen functional groups attached to an aromatic ring is 1. The molecule has 1 fully saturated rings. The minimum atomic E-state index is -0.244. The maximum atomic E-state index is 11.3. The van der Waals surface area contributed by atoms with Crippen LogP contribution in [0, 0.1) is 6.92 Å². The van der Waals surface area contributed by atoms with Crippen LogP contribution in [0.25, 0.3) is 0 Å². The predicted molar refractivity (Wildman–Crippen MR) is 65.2 cm³/mol. The van der Waals surface area contributed by atoms with Gasteiger partial charge in [-0.3, -0.25) is 4.79 Å². The summed E-state index contributed by atoms with van der Waals surface area (Å²) in [6, 6.07) is 5.67. The van der Waals surface area contributed by atoms with Gasteiger partial charge in [0.05, 0.1) is 0 Å². The molecule has 0 aromatic heterocycles. The topological polar surface area (TPSA) is 72.3 Å². The molecule has 1 unspecified atom stereocenters. The van der Waals surface area contributed by atoms with Gasteiger partial charge in [-0.15, -0.1) is 0 Å². The third kappa shape index (κ3) is 1.83. The minimum Gasteiger partial charge on any atom is -0.399 e. The van der Waals surface area contributed by atoms with Crippen LogP contribution in [0.2, 0.25) is 0 Å². The molecule has 4 heteroatoms. The summed E-state index contributed by atoms with van der Waals surface area (Å²) in [6.45, 7) is 2.85. The Kier molecular flexibility index (Phi) is 2.73. The van der Waals surface area contributed by atoms with E-state index in [-0.39, 0.29) is 11.9 Å². The number of nitrogens with two attached hydrogens (primary N) is 2. The van der Waals surface area contributed by atoms with E-state index in [4.69, 9.17) is 11.5 Å². The van der Waals surface area contributed by atoms with Crippen molar-refractivity contribution in [2.75, 3.05) is 17.2 Å². The van der Waals surface area contributed by atoms with Crippen molar-refractivity contribution < 1.29 is 4.79 Å². The Bertz CT molecular complexity index is 417. The van der Waals surface area contributed by atoms with Crippen LogP contribution < -0.4 is 16.4 Å². The van der Waals surface area contributed by atoms with Gasteiger partial charge in [-0.05, 0) is 43.5 Å². The van der Waals surface area contributed by atoms with Crippen molar-refractivity contribution >= 4 is 17.3 Å². The maximum Gasteiger partial charge on any atom is 0.240 e. The molecule has 86 valence electrons. The Morgan fingerprint density at radius 1 is 1.50 bits per heavy atom. The maximum absolute atomic E-state index is 11.3. The van der Waals surface area contributed by atoms with Crippen LogP contribution in [0.5, 0.6) is 0 Å². The molecule has 1 saturated heterocycles. The highest BCUT2D eigenvalue weighted by molar-refractivity contribution is 5.84. The molecule has 0 saturated carbocycles. The molecule has 1 aliphatic heterocycles. The molecule has 1 amide bonds. The van der Waals surface area contributed by atoms with E-state index >= 15 is 0 Å². The number of carbonyl (C=O) groups is 1. The largest absolute Gasteiger partial charge is 0.399 e. The van der Waals surface area contributed by atoms with E-state index in [2.05, 4.69) is 4.90 Å². The number of benzene rings is 1. The Morgan fingerprint density at radius 3 is 2.88 bits per heavy atom. The van der Waals surface area contributed by atoms with E-state index < -0.39 is 0 Å². The number of nitrogens with zero attached hydrogens (tertiary/aromatic N) is 1. The summed E-state index contributed by atoms with van der Waals surface area (Å²) in [5, 5.41) is 0. The first-order chi connectivity index (χ1) is 7.59. The normalized spacial score (nSPS) is 20.1. The van der Waals surface area contributed by atoms with Crippen LogP contribution >= 0.6 is 0 Å². The number of primary amides is 1. The highest BCUT2D eigenvalue weighted by Gasteiger charge is 2.29. The van der Waals surface area contributed by atoms with Gasteiger partial charge in [0.25, 0.3) is 0 Å². The van der Waals surface area contributed by atoms with Gasteiger partial charge in [-0.2, -0.15) is 0 Å². The van der Waals surface area contributed by atoms with Crippen molar-refractivity contribution in [1.82, 2.24) is 0 Å². The lowest BCUT2D eigenvalue weighted by Crippen LogP contribution is -2.40. The summed E-state index contributed by atoms with van der Waals surface area (Å²) < 4.78 is 0. The van der Waals surface area contributed by atoms with Crippen LogP contribution in [0.15, 0.2) is 18.2 Å². The number of amides is 1. The number of hydrogen-bond donors (Lipinski definition) is 2. The number of rotatable bonds is 2. The van der Waals surface area contributed by atoms with Crippen LogP contribution in [0.3, 0.4) is 0 Å². The number of aryl methyl sites for hydroxylation is 1. The summed E-state index contributed by atoms with van der Waals surface area (Å²) >= 11 is 0. The molecule has 1 aromatic rings. The first-order valence-electron chi connectivity index (χ1n) is 5.51. The van der Waals surface area contributed by atoms with Gasteiger partial charge in [0, 0.05) is 17.9 Å². The summed E-state index contributed by atoms with van der Waals surface area (Å²) in [6.07, 6.45) is 1.86. The molecule has 0 aliphatic carbocycles. The van der Waals surface area contributed by atoms with E-state index in [0.29, 0.717) is 0 Å². The molecule has 0 bridgehead atoms. The quantitative estimate of drug-likeness (QED) is 0.730. The first kappa shape index (κ1) is 10.8. The lowest BCUT2D eigenvalue weighted by Gasteiger charge is -2.25. The second-order valence-electron chi connectivity index (χ2n) is 4.29. The zero-order chi connectivity index (χ0) is 11.7. The van der Waals surface area contributed by atoms with Gasteiger partial charge in [0.2, 0.25) is 5.91 Å². The van der Waals surface area contributed by atoms with Crippen molar-refractivity contribution in [2.45, 2.75) is 25.8 Å². The van der Waals surface area contributed by atoms with E-state index in [9.17, 15) is 4.79 Å². The van der Waals surface area contributed by atoms with Gasteiger partial charge in [-0.1, -0.05) is 0 Å². The number of carbonyl (C=O) groups excluding carboxylic acids is 1. The molecular formula is C12H17N3O. The second-order valence-corrected chi connectivity index (χ2v) is 4.29. The molecule has 1 heterocycles. The zero-order valence-electron chi connectivity index (χ0n) is 9.44. The van der Waals surface area contributed by atoms with Crippen molar-refractivity contribution in [2.24, 2.45) is 5.73 Å². The number of anilines is 2. The number of hydrogen-bond acceptors (Lipinski definition) is 3. The van der Waals surface area contributed by atoms with Crippen molar-refractivity contribution in [3.8, 4) is 0 Å². The summed E-state index contributed by atoms with van der Waals surface area (Å²) in [5.74, 6) is -0.244. The van der Waals surface area contributed by atoms with Gasteiger partial charge in [0.1, 0.15) is 6.04 Å². The van der Waals surface area contributed by atoms with Gasteiger partial charge in [-0.25, -0.2) is 0 Å². The van der Waals surface area contributed by atoms with Crippen LogP contribution in [-0.4, -0.2) is 18.5 Å². The molecule has 1 aliphatic rings. The van der Waals surface area contributed by atoms with Gasteiger partial charge < -0.3 is 16.4 Å². The van der Waals surface area contributed by atoms with Gasteiger partial charge >= 0.3 is 0 Å². The average molecular weight is 219 g/mol. The lowest BCUT2D eigenvalue weighted by atomic mass is 10.1. The van der Waals surface area contributed by atoms with E-state index in [0.717, 1.165) is 36.3 Å². The monoisotopic (exact) mass is 219 g/mol. The fraction of sp³-hybridized carbons (Fsp3) is 0.417. The van der Waals surface area contributed by atoms with E-state index in [1.54, 1.807) is 0 Å². The van der Waals surface area contributed by atoms with Crippen LogP contribution in [0.1, 0.15) is 18.4 Å². The summed E-state index contributed by atoms with van der Waals surface area (Å²) in [5.41, 5.74) is 14.0. The molecular weight excluding hydrogens is 202 g/mol.